The predicted molar refractivity (Wildman–Crippen MR) is 85.8 cm³/mol. The molecule has 122 valence electrons. The van der Waals surface area contributed by atoms with Gasteiger partial charge in [-0.05, 0) is 32.7 Å². The van der Waals surface area contributed by atoms with Crippen molar-refractivity contribution in [2.45, 2.75) is 65.1 Å². The molecule has 0 radical (unpaired) electrons. The molecule has 0 aliphatic rings. The van der Waals surface area contributed by atoms with E-state index in [0.717, 1.165) is 43.8 Å². The zero-order valence-electron chi connectivity index (χ0n) is 14.4. The average Bonchev–Trinajstić information content (AvgIpc) is 2.94. The highest BCUT2D eigenvalue weighted by Crippen LogP contribution is 2.38. The summed E-state index contributed by atoms with van der Waals surface area (Å²) in [6.07, 6.45) is 4.73. The number of hydrogen-bond acceptors (Lipinski definition) is 4. The van der Waals surface area contributed by atoms with E-state index in [9.17, 15) is 0 Å². The second-order valence-corrected chi connectivity index (χ2v) is 5.28. The minimum absolute atomic E-state index is 0.0647. The van der Waals surface area contributed by atoms with Gasteiger partial charge in [0.1, 0.15) is 5.69 Å². The Morgan fingerprint density at radius 1 is 1.24 bits per heavy atom. The minimum Gasteiger partial charge on any atom is -0.493 e. The van der Waals surface area contributed by atoms with Crippen molar-refractivity contribution < 1.29 is 9.47 Å². The fourth-order valence-corrected chi connectivity index (χ4v) is 2.96. The van der Waals surface area contributed by atoms with Gasteiger partial charge in [0.15, 0.2) is 5.75 Å². The Balaban J connectivity index is 3.33. The summed E-state index contributed by atoms with van der Waals surface area (Å²) in [6, 6.07) is 0.0647. The molecule has 0 saturated carbocycles. The van der Waals surface area contributed by atoms with Gasteiger partial charge >= 0.3 is 0 Å². The van der Waals surface area contributed by atoms with E-state index in [-0.39, 0.29) is 11.6 Å². The molecule has 5 heteroatoms. The Bertz CT molecular complexity index is 384. The van der Waals surface area contributed by atoms with Crippen LogP contribution in [0.25, 0.3) is 0 Å². The first-order valence-corrected chi connectivity index (χ1v) is 8.02. The quantitative estimate of drug-likeness (QED) is 0.720. The van der Waals surface area contributed by atoms with Gasteiger partial charge in [0.05, 0.1) is 24.9 Å². The molecular weight excluding hydrogens is 266 g/mol. The van der Waals surface area contributed by atoms with E-state index >= 15 is 0 Å². The highest BCUT2D eigenvalue weighted by molar-refractivity contribution is 5.31. The molecule has 0 aromatic carbocycles. The third-order valence-electron chi connectivity index (χ3n) is 4.37. The summed E-state index contributed by atoms with van der Waals surface area (Å²) in [6.45, 7) is 10.4. The summed E-state index contributed by atoms with van der Waals surface area (Å²) in [7, 11) is 3.50. The lowest BCUT2D eigenvalue weighted by Crippen LogP contribution is -2.46. The lowest BCUT2D eigenvalue weighted by Gasteiger charge is -2.39. The zero-order valence-corrected chi connectivity index (χ0v) is 14.4. The molecule has 1 aromatic rings. The largest absolute Gasteiger partial charge is 0.493 e. The van der Waals surface area contributed by atoms with Crippen LogP contribution in [0, 0.1) is 0 Å². The lowest BCUT2D eigenvalue weighted by molar-refractivity contribution is -0.0511. The van der Waals surface area contributed by atoms with Gasteiger partial charge in [-0.2, -0.15) is 5.10 Å². The van der Waals surface area contributed by atoms with Crippen molar-refractivity contribution in [2.24, 2.45) is 0 Å². The normalized spacial score (nSPS) is 13.4. The number of methoxy groups -OCH3 is 2. The van der Waals surface area contributed by atoms with Crippen LogP contribution in [0.5, 0.6) is 5.75 Å². The first-order valence-electron chi connectivity index (χ1n) is 8.02. The Labute approximate surface area is 129 Å². The SMILES string of the molecule is CCCNC(c1c(OC)cnn1CC)C(CC)(CC)OC. The average molecular weight is 297 g/mol. The molecule has 0 amide bonds. The third-order valence-corrected chi connectivity index (χ3v) is 4.37. The smallest absolute Gasteiger partial charge is 0.161 e. The summed E-state index contributed by atoms with van der Waals surface area (Å²) in [5.41, 5.74) is 0.828. The second kappa shape index (κ2) is 8.39. The number of nitrogens with zero attached hydrogens (tertiary/aromatic N) is 2. The maximum atomic E-state index is 5.96. The molecule has 1 heterocycles. The van der Waals surface area contributed by atoms with Crippen molar-refractivity contribution in [3.05, 3.63) is 11.9 Å². The van der Waals surface area contributed by atoms with Crippen LogP contribution < -0.4 is 10.1 Å². The number of hydrogen-bond donors (Lipinski definition) is 1. The molecule has 0 aliphatic heterocycles. The van der Waals surface area contributed by atoms with Crippen LogP contribution in [0.2, 0.25) is 0 Å². The summed E-state index contributed by atoms with van der Waals surface area (Å²) in [5.74, 6) is 0.828. The third kappa shape index (κ3) is 3.58. The molecule has 1 rings (SSSR count). The van der Waals surface area contributed by atoms with Crippen LogP contribution in [0.1, 0.15) is 58.7 Å². The van der Waals surface area contributed by atoms with Crippen molar-refractivity contribution in [3.8, 4) is 5.75 Å². The lowest BCUT2D eigenvalue weighted by atomic mass is 9.85. The molecule has 0 spiro atoms. The maximum absolute atomic E-state index is 5.96. The Morgan fingerprint density at radius 3 is 2.33 bits per heavy atom. The van der Waals surface area contributed by atoms with E-state index in [1.165, 1.54) is 0 Å². The van der Waals surface area contributed by atoms with E-state index in [1.807, 2.05) is 4.68 Å². The number of rotatable bonds is 10. The fourth-order valence-electron chi connectivity index (χ4n) is 2.96. The predicted octanol–water partition coefficient (Wildman–Crippen LogP) is 3.16. The minimum atomic E-state index is -0.255. The van der Waals surface area contributed by atoms with Gasteiger partial charge in [-0.15, -0.1) is 0 Å². The van der Waals surface area contributed by atoms with Gasteiger partial charge in [-0.3, -0.25) is 4.68 Å². The fraction of sp³-hybridized carbons (Fsp3) is 0.812. The highest BCUT2D eigenvalue weighted by atomic mass is 16.5. The molecule has 0 saturated heterocycles. The van der Waals surface area contributed by atoms with E-state index in [1.54, 1.807) is 20.4 Å². The first kappa shape index (κ1) is 18.0. The van der Waals surface area contributed by atoms with Crippen molar-refractivity contribution in [2.75, 3.05) is 20.8 Å². The van der Waals surface area contributed by atoms with E-state index in [2.05, 4.69) is 38.1 Å². The number of nitrogens with one attached hydrogen (secondary N) is 1. The van der Waals surface area contributed by atoms with Gasteiger partial charge in [0, 0.05) is 13.7 Å². The van der Waals surface area contributed by atoms with Crippen molar-refractivity contribution in [1.29, 1.82) is 0 Å². The van der Waals surface area contributed by atoms with Gasteiger partial charge < -0.3 is 14.8 Å². The van der Waals surface area contributed by atoms with Crippen molar-refractivity contribution in [3.63, 3.8) is 0 Å². The molecule has 1 atom stereocenters. The molecule has 1 N–H and O–H groups in total. The number of aromatic nitrogens is 2. The molecular formula is C16H31N3O2. The molecule has 1 aromatic heterocycles. The monoisotopic (exact) mass is 297 g/mol. The topological polar surface area (TPSA) is 48.3 Å². The van der Waals surface area contributed by atoms with Crippen molar-refractivity contribution >= 4 is 0 Å². The standard InChI is InChI=1S/C16H31N3O2/c1-7-11-17-15(16(8-2,9-3)21-6)14-13(20-5)12-18-19(14)10-4/h12,15,17H,7-11H2,1-6H3. The Hall–Kier alpha value is -1.07. The zero-order chi connectivity index (χ0) is 15.9. The molecule has 5 nitrogen and oxygen atoms in total. The summed E-state index contributed by atoms with van der Waals surface area (Å²) < 4.78 is 13.5. The number of aryl methyl sites for hydroxylation is 1. The summed E-state index contributed by atoms with van der Waals surface area (Å²) in [5, 5.41) is 8.10. The van der Waals surface area contributed by atoms with E-state index in [4.69, 9.17) is 9.47 Å². The van der Waals surface area contributed by atoms with Gasteiger partial charge in [-0.25, -0.2) is 0 Å². The van der Waals surface area contributed by atoms with Crippen LogP contribution >= 0.6 is 0 Å². The van der Waals surface area contributed by atoms with Crippen molar-refractivity contribution in [1.82, 2.24) is 15.1 Å². The summed E-state index contributed by atoms with van der Waals surface area (Å²) >= 11 is 0. The summed E-state index contributed by atoms with van der Waals surface area (Å²) in [4.78, 5) is 0. The highest BCUT2D eigenvalue weighted by Gasteiger charge is 2.40. The van der Waals surface area contributed by atoms with Gasteiger partial charge in [0.25, 0.3) is 0 Å². The Kier molecular flexibility index (Phi) is 7.18. The molecule has 0 aliphatic carbocycles. The molecule has 0 fully saturated rings. The van der Waals surface area contributed by atoms with Crippen LogP contribution in [0.4, 0.5) is 0 Å². The molecule has 21 heavy (non-hydrogen) atoms. The van der Waals surface area contributed by atoms with Crippen LogP contribution in [0.15, 0.2) is 6.20 Å². The Morgan fingerprint density at radius 2 is 1.90 bits per heavy atom. The second-order valence-electron chi connectivity index (χ2n) is 5.28. The number of ether oxygens (including phenoxy) is 2. The van der Waals surface area contributed by atoms with Gasteiger partial charge in [0.2, 0.25) is 0 Å². The van der Waals surface area contributed by atoms with E-state index < -0.39 is 0 Å². The molecule has 1 unspecified atom stereocenters. The van der Waals surface area contributed by atoms with Crippen LogP contribution in [-0.4, -0.2) is 36.1 Å². The first-order chi connectivity index (χ1) is 10.1. The maximum Gasteiger partial charge on any atom is 0.161 e. The van der Waals surface area contributed by atoms with Gasteiger partial charge in [-0.1, -0.05) is 20.8 Å². The van der Waals surface area contributed by atoms with E-state index in [0.29, 0.717) is 0 Å². The van der Waals surface area contributed by atoms with Crippen LogP contribution in [0.3, 0.4) is 0 Å². The molecule has 0 bridgehead atoms. The van der Waals surface area contributed by atoms with Crippen LogP contribution in [-0.2, 0) is 11.3 Å².